The Labute approximate surface area is 151 Å². The number of carbonyl (C=O) groups excluding carboxylic acids is 1. The molecule has 0 atom stereocenters. The summed E-state index contributed by atoms with van der Waals surface area (Å²) in [6, 6.07) is 9.31. The van der Waals surface area contributed by atoms with Crippen molar-refractivity contribution in [2.75, 3.05) is 11.6 Å². The van der Waals surface area contributed by atoms with Crippen LogP contribution in [0.2, 0.25) is 0 Å². The number of rotatable bonds is 6. The van der Waals surface area contributed by atoms with Crippen molar-refractivity contribution >= 4 is 21.4 Å². The van der Waals surface area contributed by atoms with E-state index in [1.54, 1.807) is 36.7 Å². The smallest absolute Gasteiger partial charge is 0.194 e. The largest absolute Gasteiger partial charge is 0.366 e. The molecule has 0 saturated carbocycles. The van der Waals surface area contributed by atoms with Crippen LogP contribution in [-0.4, -0.2) is 35.4 Å². The molecule has 0 unspecified atom stereocenters. The van der Waals surface area contributed by atoms with Gasteiger partial charge < -0.3 is 5.32 Å². The number of hydrogen-bond donors (Lipinski definition) is 1. The van der Waals surface area contributed by atoms with Crippen LogP contribution in [0.1, 0.15) is 21.5 Å². The monoisotopic (exact) mass is 368 g/mol. The van der Waals surface area contributed by atoms with Crippen LogP contribution in [0.3, 0.4) is 0 Å². The topological polar surface area (TPSA) is 102 Å². The molecule has 1 N–H and O–H groups in total. The van der Waals surface area contributed by atoms with Crippen LogP contribution in [-0.2, 0) is 16.4 Å². The Morgan fingerprint density at radius 1 is 1.04 bits per heavy atom. The van der Waals surface area contributed by atoms with E-state index in [4.69, 9.17) is 0 Å². The van der Waals surface area contributed by atoms with Crippen molar-refractivity contribution in [1.82, 2.24) is 15.0 Å². The van der Waals surface area contributed by atoms with Crippen LogP contribution >= 0.6 is 0 Å². The normalized spacial score (nSPS) is 11.1. The average Bonchev–Trinajstić information content (AvgIpc) is 2.66. The summed E-state index contributed by atoms with van der Waals surface area (Å²) in [6.45, 7) is 0.511. The zero-order chi connectivity index (χ0) is 18.6. The highest BCUT2D eigenvalue weighted by Crippen LogP contribution is 2.16. The summed E-state index contributed by atoms with van der Waals surface area (Å²) in [5.41, 5.74) is 1.59. The molecule has 26 heavy (non-hydrogen) atoms. The van der Waals surface area contributed by atoms with Crippen molar-refractivity contribution in [1.29, 1.82) is 0 Å². The van der Waals surface area contributed by atoms with Crippen molar-refractivity contribution in [2.24, 2.45) is 0 Å². The van der Waals surface area contributed by atoms with Gasteiger partial charge in [0.25, 0.3) is 0 Å². The van der Waals surface area contributed by atoms with Crippen molar-refractivity contribution in [3.05, 3.63) is 78.0 Å². The van der Waals surface area contributed by atoms with E-state index in [2.05, 4.69) is 20.3 Å². The van der Waals surface area contributed by atoms with Gasteiger partial charge in [0.2, 0.25) is 0 Å². The maximum atomic E-state index is 12.5. The van der Waals surface area contributed by atoms with Crippen LogP contribution in [0.25, 0.3) is 0 Å². The van der Waals surface area contributed by atoms with E-state index in [0.717, 1.165) is 11.8 Å². The van der Waals surface area contributed by atoms with Gasteiger partial charge in [-0.05, 0) is 24.3 Å². The lowest BCUT2D eigenvalue weighted by Crippen LogP contribution is -2.06. The molecule has 7 nitrogen and oxygen atoms in total. The minimum absolute atomic E-state index is 0.111. The number of nitrogens with zero attached hydrogens (tertiary/aromatic N) is 3. The van der Waals surface area contributed by atoms with E-state index in [1.807, 2.05) is 0 Å². The van der Waals surface area contributed by atoms with Crippen molar-refractivity contribution < 1.29 is 13.2 Å². The zero-order valence-electron chi connectivity index (χ0n) is 14.0. The standard InChI is InChI=1S/C18H16N4O3S/c1-26(24,25)16-4-2-3-14(7-16)18(23)15-5-6-17(22-11-15)21-10-13-8-19-12-20-9-13/h2-9,11-12H,10H2,1H3,(H,21,22). The fraction of sp³-hybridized carbons (Fsp3) is 0.111. The molecule has 0 aliphatic carbocycles. The highest BCUT2D eigenvalue weighted by molar-refractivity contribution is 7.90. The van der Waals surface area contributed by atoms with E-state index in [9.17, 15) is 13.2 Å². The molecule has 0 spiro atoms. The van der Waals surface area contributed by atoms with Gasteiger partial charge in [-0.2, -0.15) is 0 Å². The minimum atomic E-state index is -3.37. The first-order valence-corrected chi connectivity index (χ1v) is 9.61. The fourth-order valence-corrected chi connectivity index (χ4v) is 2.95. The number of sulfone groups is 1. The molecule has 3 aromatic rings. The van der Waals surface area contributed by atoms with Gasteiger partial charge in [0, 0.05) is 48.1 Å². The SMILES string of the molecule is CS(=O)(=O)c1cccc(C(=O)c2ccc(NCc3cncnc3)nc2)c1. The van der Waals surface area contributed by atoms with Crippen molar-refractivity contribution in [2.45, 2.75) is 11.4 Å². The average molecular weight is 368 g/mol. The van der Waals surface area contributed by atoms with Crippen molar-refractivity contribution in [3.8, 4) is 0 Å². The lowest BCUT2D eigenvalue weighted by atomic mass is 10.1. The number of ketones is 1. The molecule has 0 amide bonds. The molecular formula is C18H16N4O3S. The summed E-state index contributed by atoms with van der Waals surface area (Å²) < 4.78 is 23.3. The lowest BCUT2D eigenvalue weighted by Gasteiger charge is -2.07. The molecular weight excluding hydrogens is 352 g/mol. The molecule has 0 bridgehead atoms. The van der Waals surface area contributed by atoms with Gasteiger partial charge in [0.1, 0.15) is 12.1 Å². The second kappa shape index (κ2) is 7.40. The maximum Gasteiger partial charge on any atom is 0.194 e. The van der Waals surface area contributed by atoms with Gasteiger partial charge in [-0.3, -0.25) is 4.79 Å². The van der Waals surface area contributed by atoms with Gasteiger partial charge in [-0.15, -0.1) is 0 Å². The van der Waals surface area contributed by atoms with Crippen LogP contribution in [0.4, 0.5) is 5.82 Å². The summed E-state index contributed by atoms with van der Waals surface area (Å²) in [6.07, 6.45) is 7.43. The first kappa shape index (κ1) is 17.7. The fourth-order valence-electron chi connectivity index (χ4n) is 2.28. The summed E-state index contributed by atoms with van der Waals surface area (Å²) >= 11 is 0. The summed E-state index contributed by atoms with van der Waals surface area (Å²) in [5.74, 6) is 0.321. The predicted octanol–water partition coefficient (Wildman–Crippen LogP) is 2.12. The molecule has 8 heteroatoms. The molecule has 0 radical (unpaired) electrons. The molecule has 0 fully saturated rings. The number of pyridine rings is 1. The van der Waals surface area contributed by atoms with E-state index < -0.39 is 9.84 Å². The van der Waals surface area contributed by atoms with Gasteiger partial charge in [-0.25, -0.2) is 23.4 Å². The van der Waals surface area contributed by atoms with Crippen molar-refractivity contribution in [3.63, 3.8) is 0 Å². The molecule has 0 saturated heterocycles. The second-order valence-corrected chi connectivity index (χ2v) is 7.68. The van der Waals surface area contributed by atoms with E-state index in [-0.39, 0.29) is 10.7 Å². The molecule has 1 aromatic carbocycles. The minimum Gasteiger partial charge on any atom is -0.366 e. The molecule has 0 aliphatic rings. The molecule has 2 heterocycles. The quantitative estimate of drug-likeness (QED) is 0.665. The number of benzene rings is 1. The number of anilines is 1. The van der Waals surface area contributed by atoms with Gasteiger partial charge >= 0.3 is 0 Å². The summed E-state index contributed by atoms with van der Waals surface area (Å²) in [4.78, 5) is 24.7. The van der Waals surface area contributed by atoms with Gasteiger partial charge in [0.15, 0.2) is 15.6 Å². The Hall–Kier alpha value is -3.13. The van der Waals surface area contributed by atoms with Gasteiger partial charge in [0.05, 0.1) is 4.90 Å². The van der Waals surface area contributed by atoms with E-state index in [0.29, 0.717) is 23.5 Å². The first-order valence-electron chi connectivity index (χ1n) is 7.72. The maximum absolute atomic E-state index is 12.5. The molecule has 3 rings (SSSR count). The molecule has 0 aliphatic heterocycles. The molecule has 132 valence electrons. The lowest BCUT2D eigenvalue weighted by molar-refractivity contribution is 0.103. The van der Waals surface area contributed by atoms with E-state index in [1.165, 1.54) is 24.7 Å². The highest BCUT2D eigenvalue weighted by atomic mass is 32.2. The third-order valence-electron chi connectivity index (χ3n) is 3.64. The van der Waals surface area contributed by atoms with E-state index >= 15 is 0 Å². The Kier molecular flexibility index (Phi) is 5.04. The number of hydrogen-bond acceptors (Lipinski definition) is 7. The molecule has 2 aromatic heterocycles. The number of nitrogens with one attached hydrogen (secondary N) is 1. The second-order valence-electron chi connectivity index (χ2n) is 5.66. The van der Waals surface area contributed by atoms with Gasteiger partial charge in [-0.1, -0.05) is 12.1 Å². The Bertz CT molecular complexity index is 1020. The highest BCUT2D eigenvalue weighted by Gasteiger charge is 2.13. The Morgan fingerprint density at radius 3 is 2.46 bits per heavy atom. The third-order valence-corrected chi connectivity index (χ3v) is 4.75. The summed E-state index contributed by atoms with van der Waals surface area (Å²) in [5, 5.41) is 3.11. The first-order chi connectivity index (χ1) is 12.4. The third kappa shape index (κ3) is 4.28. The number of carbonyl (C=O) groups is 1. The Balaban J connectivity index is 1.73. The van der Waals surface area contributed by atoms with Crippen LogP contribution in [0, 0.1) is 0 Å². The number of aromatic nitrogens is 3. The summed E-state index contributed by atoms with van der Waals surface area (Å²) in [7, 11) is -3.37. The Morgan fingerprint density at radius 2 is 1.81 bits per heavy atom. The zero-order valence-corrected chi connectivity index (χ0v) is 14.8. The van der Waals surface area contributed by atoms with Crippen LogP contribution in [0.5, 0.6) is 0 Å². The predicted molar refractivity (Wildman–Crippen MR) is 96.6 cm³/mol. The van der Waals surface area contributed by atoms with Crippen LogP contribution < -0.4 is 5.32 Å². The van der Waals surface area contributed by atoms with Crippen LogP contribution in [0.15, 0.2) is 66.2 Å².